The zero-order valence-electron chi connectivity index (χ0n) is 25.4. The number of carboxylic acid groups (broad SMARTS) is 1. The fourth-order valence-corrected chi connectivity index (χ4v) is 4.46. The molecular weight excluding hydrogens is 562 g/mol. The van der Waals surface area contributed by atoms with Gasteiger partial charge in [-0.05, 0) is 28.2 Å². The van der Waals surface area contributed by atoms with Crippen LogP contribution >= 0.6 is 0 Å². The molecule has 0 aliphatic rings. The molecule has 0 bridgehead atoms. The van der Waals surface area contributed by atoms with Crippen molar-refractivity contribution in [2.24, 2.45) is 5.92 Å². The van der Waals surface area contributed by atoms with E-state index in [1.54, 1.807) is 0 Å². The first-order valence-electron chi connectivity index (χ1n) is 14.6. The number of benzene rings is 3. The highest BCUT2D eigenvalue weighted by Gasteiger charge is 2.30. The molecule has 44 heavy (non-hydrogen) atoms. The lowest BCUT2D eigenvalue weighted by atomic mass is 10.0. The standard InChI is InChI=1S/C34H41N3O7/c1-24(2)21-37(22-31(33(41)43-19-18-35-25(3)38)44-23-27-10-6-4-7-11-27)34(42)36-30(32(39)40)20-26-14-16-29(17-15-26)28-12-8-5-9-13-28/h4-17,24,30-31H,18-23H2,1-3H3,(H,35,38)(H,36,42)(H,39,40)/t30-,31?/m0/s1. The summed E-state index contributed by atoms with van der Waals surface area (Å²) in [5, 5.41) is 15.1. The summed E-state index contributed by atoms with van der Waals surface area (Å²) in [6.45, 7) is 5.44. The molecule has 2 atom stereocenters. The zero-order valence-corrected chi connectivity index (χ0v) is 25.4. The molecule has 3 rings (SSSR count). The van der Waals surface area contributed by atoms with E-state index in [1.807, 2.05) is 98.8 Å². The summed E-state index contributed by atoms with van der Waals surface area (Å²) in [6, 6.07) is 24.8. The van der Waals surface area contributed by atoms with E-state index in [0.717, 1.165) is 22.3 Å². The average molecular weight is 604 g/mol. The quantitative estimate of drug-likeness (QED) is 0.164. The third kappa shape index (κ3) is 11.5. The van der Waals surface area contributed by atoms with Crippen LogP contribution in [-0.4, -0.2) is 72.3 Å². The Kier molecular flexibility index (Phi) is 13.4. The second kappa shape index (κ2) is 17.4. The van der Waals surface area contributed by atoms with E-state index in [2.05, 4.69) is 10.6 Å². The summed E-state index contributed by atoms with van der Waals surface area (Å²) in [7, 11) is 0. The van der Waals surface area contributed by atoms with E-state index >= 15 is 0 Å². The van der Waals surface area contributed by atoms with Gasteiger partial charge in [-0.3, -0.25) is 4.79 Å². The SMILES string of the molecule is CC(=O)NCCOC(=O)C(CN(CC(C)C)C(=O)N[C@@H](Cc1ccc(-c2ccccc2)cc1)C(=O)O)OCc1ccccc1. The minimum Gasteiger partial charge on any atom is -0.480 e. The molecule has 0 aromatic heterocycles. The number of nitrogens with one attached hydrogen (secondary N) is 2. The van der Waals surface area contributed by atoms with Crippen LogP contribution in [0.1, 0.15) is 31.9 Å². The van der Waals surface area contributed by atoms with Gasteiger partial charge in [-0.1, -0.05) is 98.8 Å². The maximum Gasteiger partial charge on any atom is 0.337 e. The molecule has 3 N–H and O–H groups in total. The molecule has 234 valence electrons. The largest absolute Gasteiger partial charge is 0.480 e. The minimum absolute atomic E-state index is 0.0140. The van der Waals surface area contributed by atoms with E-state index < -0.39 is 30.1 Å². The first-order chi connectivity index (χ1) is 21.1. The lowest BCUT2D eigenvalue weighted by molar-refractivity contribution is -0.159. The predicted molar refractivity (Wildman–Crippen MR) is 167 cm³/mol. The number of amides is 3. The summed E-state index contributed by atoms with van der Waals surface area (Å²) in [4.78, 5) is 51.3. The molecular formula is C34H41N3O7. The van der Waals surface area contributed by atoms with Gasteiger partial charge in [0.1, 0.15) is 12.6 Å². The maximum atomic E-state index is 13.5. The van der Waals surface area contributed by atoms with E-state index in [9.17, 15) is 24.3 Å². The van der Waals surface area contributed by atoms with Gasteiger partial charge in [0.05, 0.1) is 19.7 Å². The molecule has 0 radical (unpaired) electrons. The van der Waals surface area contributed by atoms with Crippen molar-refractivity contribution in [3.63, 3.8) is 0 Å². The third-order valence-electron chi connectivity index (χ3n) is 6.63. The van der Waals surface area contributed by atoms with Gasteiger partial charge in [0, 0.05) is 19.9 Å². The highest BCUT2D eigenvalue weighted by molar-refractivity contribution is 5.83. The summed E-state index contributed by atoms with van der Waals surface area (Å²) in [6.07, 6.45) is -1.07. The Morgan fingerprint density at radius 2 is 1.43 bits per heavy atom. The molecule has 1 unspecified atom stereocenters. The van der Waals surface area contributed by atoms with Gasteiger partial charge in [-0.15, -0.1) is 0 Å². The summed E-state index contributed by atoms with van der Waals surface area (Å²) in [5.74, 6) is -2.11. The Bertz CT molecular complexity index is 1350. The van der Waals surface area contributed by atoms with Crippen molar-refractivity contribution in [2.45, 2.75) is 45.9 Å². The van der Waals surface area contributed by atoms with Crippen molar-refractivity contribution in [3.05, 3.63) is 96.1 Å². The number of esters is 1. The van der Waals surface area contributed by atoms with Crippen molar-refractivity contribution < 1.29 is 33.8 Å². The smallest absolute Gasteiger partial charge is 0.337 e. The normalized spacial score (nSPS) is 12.2. The van der Waals surface area contributed by atoms with Gasteiger partial charge in [0.2, 0.25) is 5.91 Å². The van der Waals surface area contributed by atoms with Crippen molar-refractivity contribution >= 4 is 23.9 Å². The summed E-state index contributed by atoms with van der Waals surface area (Å²) >= 11 is 0. The number of carbonyl (C=O) groups excluding carboxylic acids is 3. The summed E-state index contributed by atoms with van der Waals surface area (Å²) < 4.78 is 11.3. The predicted octanol–water partition coefficient (Wildman–Crippen LogP) is 4.28. The van der Waals surface area contributed by atoms with Gasteiger partial charge < -0.3 is 30.1 Å². The molecule has 10 nitrogen and oxygen atoms in total. The van der Waals surface area contributed by atoms with Crippen LogP contribution in [0.5, 0.6) is 0 Å². The molecule has 0 saturated heterocycles. The second-order valence-electron chi connectivity index (χ2n) is 10.8. The lowest BCUT2D eigenvalue weighted by Crippen LogP contribution is -2.52. The fourth-order valence-electron chi connectivity index (χ4n) is 4.46. The Labute approximate surface area is 258 Å². The molecule has 3 aromatic rings. The van der Waals surface area contributed by atoms with Gasteiger partial charge in [0.15, 0.2) is 6.10 Å². The molecule has 0 aliphatic carbocycles. The molecule has 0 fully saturated rings. The van der Waals surface area contributed by atoms with Crippen molar-refractivity contribution in [2.75, 3.05) is 26.2 Å². The van der Waals surface area contributed by atoms with E-state index in [1.165, 1.54) is 11.8 Å². The monoisotopic (exact) mass is 603 g/mol. The number of urea groups is 1. The number of carboxylic acids is 1. The molecule has 10 heteroatoms. The van der Waals surface area contributed by atoms with Crippen molar-refractivity contribution in [1.82, 2.24) is 15.5 Å². The molecule has 0 heterocycles. The van der Waals surface area contributed by atoms with Gasteiger partial charge in [-0.25, -0.2) is 14.4 Å². The molecule has 3 aromatic carbocycles. The van der Waals surface area contributed by atoms with Gasteiger partial charge in [0.25, 0.3) is 0 Å². The number of aliphatic carboxylic acids is 1. The molecule has 3 amide bonds. The third-order valence-corrected chi connectivity index (χ3v) is 6.63. The van der Waals surface area contributed by atoms with Crippen molar-refractivity contribution in [3.8, 4) is 11.1 Å². The second-order valence-corrected chi connectivity index (χ2v) is 10.8. The average Bonchev–Trinajstić information content (AvgIpc) is 3.01. The Morgan fingerprint density at radius 1 is 0.818 bits per heavy atom. The molecule has 0 saturated carbocycles. The van der Waals surface area contributed by atoms with Gasteiger partial charge in [-0.2, -0.15) is 0 Å². The topological polar surface area (TPSA) is 134 Å². The number of rotatable bonds is 16. The van der Waals surface area contributed by atoms with E-state index in [-0.39, 0.29) is 51.1 Å². The number of nitrogens with zero attached hydrogens (tertiary/aromatic N) is 1. The van der Waals surface area contributed by atoms with Crippen LogP contribution in [0.15, 0.2) is 84.9 Å². The molecule has 0 aliphatic heterocycles. The Morgan fingerprint density at radius 3 is 2.02 bits per heavy atom. The number of hydrogen-bond donors (Lipinski definition) is 3. The van der Waals surface area contributed by atoms with Crippen molar-refractivity contribution in [1.29, 1.82) is 0 Å². The van der Waals surface area contributed by atoms with Crippen LogP contribution in [0, 0.1) is 5.92 Å². The van der Waals surface area contributed by atoms with E-state index in [4.69, 9.17) is 9.47 Å². The highest BCUT2D eigenvalue weighted by Crippen LogP contribution is 2.20. The van der Waals surface area contributed by atoms with Crippen LogP contribution in [0.25, 0.3) is 11.1 Å². The fraction of sp³-hybridized carbons (Fsp3) is 0.353. The highest BCUT2D eigenvalue weighted by atomic mass is 16.6. The maximum absolute atomic E-state index is 13.5. The first kappa shape index (κ1) is 33.8. The van der Waals surface area contributed by atoms with Crippen LogP contribution in [0.3, 0.4) is 0 Å². The first-order valence-corrected chi connectivity index (χ1v) is 14.6. The Balaban J connectivity index is 1.71. The van der Waals surface area contributed by atoms with E-state index in [0.29, 0.717) is 0 Å². The number of carbonyl (C=O) groups is 4. The lowest BCUT2D eigenvalue weighted by Gasteiger charge is -2.29. The number of hydrogen-bond acceptors (Lipinski definition) is 6. The minimum atomic E-state index is -1.20. The zero-order chi connectivity index (χ0) is 31.9. The van der Waals surface area contributed by atoms with Gasteiger partial charge >= 0.3 is 18.0 Å². The van der Waals surface area contributed by atoms with Crippen LogP contribution in [0.2, 0.25) is 0 Å². The Hall–Kier alpha value is -4.70. The van der Waals surface area contributed by atoms with Crippen LogP contribution < -0.4 is 10.6 Å². The van der Waals surface area contributed by atoms with Crippen LogP contribution in [-0.2, 0) is 36.9 Å². The molecule has 0 spiro atoms. The number of ether oxygens (including phenoxy) is 2. The summed E-state index contributed by atoms with van der Waals surface area (Å²) in [5.41, 5.74) is 3.62. The van der Waals surface area contributed by atoms with Crippen LogP contribution in [0.4, 0.5) is 4.79 Å².